The highest BCUT2D eigenvalue weighted by Crippen LogP contribution is 2.23. The molecular formula is C17H23N5O3. The van der Waals surface area contributed by atoms with Crippen LogP contribution in [0.5, 0.6) is 0 Å². The number of carbonyl (C=O) groups excluding carboxylic acids is 1. The van der Waals surface area contributed by atoms with Gasteiger partial charge in [-0.25, -0.2) is 4.68 Å². The Balaban J connectivity index is 1.61. The van der Waals surface area contributed by atoms with E-state index in [1.54, 1.807) is 19.2 Å². The Bertz CT molecular complexity index is 847. The number of amides is 1. The van der Waals surface area contributed by atoms with Gasteiger partial charge in [-0.1, -0.05) is 25.9 Å². The zero-order valence-corrected chi connectivity index (χ0v) is 15.0. The van der Waals surface area contributed by atoms with Crippen LogP contribution >= 0.6 is 0 Å². The van der Waals surface area contributed by atoms with Gasteiger partial charge in [-0.15, -0.1) is 0 Å². The number of anilines is 1. The summed E-state index contributed by atoms with van der Waals surface area (Å²) < 4.78 is 6.53. The number of carbonyl (C=O) groups is 1. The molecule has 3 rings (SSSR count). The van der Waals surface area contributed by atoms with E-state index in [0.29, 0.717) is 18.8 Å². The molecule has 3 heterocycles. The van der Waals surface area contributed by atoms with Crippen LogP contribution in [0.4, 0.5) is 5.88 Å². The topological polar surface area (TPSA) is 93.3 Å². The van der Waals surface area contributed by atoms with Crippen LogP contribution in [-0.4, -0.2) is 38.8 Å². The standard InChI is InChI=1S/C17H23N5O3/c1-17(2,3)13-8-15(25-20-13)18-14(23)10-22-6-5-12-11(9-22)7-16(24)21(4)19-12/h7-8H,5-6,9-10H2,1-4H3,(H,18,23). The number of nitrogens with one attached hydrogen (secondary N) is 1. The zero-order valence-electron chi connectivity index (χ0n) is 15.0. The first-order chi connectivity index (χ1) is 11.7. The van der Waals surface area contributed by atoms with Gasteiger partial charge >= 0.3 is 0 Å². The lowest BCUT2D eigenvalue weighted by atomic mass is 9.92. The number of aryl methyl sites for hydroxylation is 1. The van der Waals surface area contributed by atoms with Gasteiger partial charge in [0.15, 0.2) is 0 Å². The third kappa shape index (κ3) is 3.96. The summed E-state index contributed by atoms with van der Waals surface area (Å²) in [4.78, 5) is 26.0. The van der Waals surface area contributed by atoms with E-state index in [1.807, 2.05) is 25.7 Å². The highest BCUT2D eigenvalue weighted by Gasteiger charge is 2.22. The largest absolute Gasteiger partial charge is 0.338 e. The molecule has 1 aliphatic heterocycles. The lowest BCUT2D eigenvalue weighted by molar-refractivity contribution is -0.117. The molecule has 8 heteroatoms. The summed E-state index contributed by atoms with van der Waals surface area (Å²) in [6.07, 6.45) is 0.715. The van der Waals surface area contributed by atoms with Crippen molar-refractivity contribution >= 4 is 11.8 Å². The average Bonchev–Trinajstić information content (AvgIpc) is 2.97. The summed E-state index contributed by atoms with van der Waals surface area (Å²) in [5.74, 6) is 0.180. The van der Waals surface area contributed by atoms with Crippen LogP contribution in [-0.2, 0) is 30.2 Å². The number of rotatable bonds is 3. The van der Waals surface area contributed by atoms with Crippen LogP contribution in [0.3, 0.4) is 0 Å². The van der Waals surface area contributed by atoms with E-state index in [9.17, 15) is 9.59 Å². The van der Waals surface area contributed by atoms with E-state index in [0.717, 1.165) is 23.5 Å². The second-order valence-corrected chi connectivity index (χ2v) is 7.41. The number of fused-ring (bicyclic) bond motifs is 1. The van der Waals surface area contributed by atoms with Crippen molar-refractivity contribution in [3.8, 4) is 0 Å². The van der Waals surface area contributed by atoms with Crippen molar-refractivity contribution in [3.63, 3.8) is 0 Å². The van der Waals surface area contributed by atoms with E-state index in [4.69, 9.17) is 4.52 Å². The van der Waals surface area contributed by atoms with Gasteiger partial charge in [-0.3, -0.25) is 19.8 Å². The minimum absolute atomic E-state index is 0.137. The van der Waals surface area contributed by atoms with E-state index in [1.165, 1.54) is 4.68 Å². The molecule has 2 aromatic rings. The van der Waals surface area contributed by atoms with E-state index in [2.05, 4.69) is 15.6 Å². The molecule has 0 radical (unpaired) electrons. The second kappa shape index (κ2) is 6.44. The van der Waals surface area contributed by atoms with Gasteiger partial charge in [0.05, 0.1) is 17.9 Å². The summed E-state index contributed by atoms with van der Waals surface area (Å²) in [5, 5.41) is 11.0. The van der Waals surface area contributed by atoms with E-state index >= 15 is 0 Å². The molecule has 0 aromatic carbocycles. The first kappa shape index (κ1) is 17.3. The summed E-state index contributed by atoms with van der Waals surface area (Å²) in [5.41, 5.74) is 2.32. The maximum atomic E-state index is 12.3. The maximum Gasteiger partial charge on any atom is 0.266 e. The number of aromatic nitrogens is 3. The third-order valence-corrected chi connectivity index (χ3v) is 4.23. The van der Waals surface area contributed by atoms with Crippen LogP contribution in [0.25, 0.3) is 0 Å². The fourth-order valence-electron chi connectivity index (χ4n) is 2.75. The van der Waals surface area contributed by atoms with Crippen molar-refractivity contribution in [2.45, 2.75) is 39.2 Å². The van der Waals surface area contributed by atoms with Gasteiger partial charge in [-0.05, 0) is 5.56 Å². The first-order valence-electron chi connectivity index (χ1n) is 8.28. The number of hydrogen-bond acceptors (Lipinski definition) is 6. The van der Waals surface area contributed by atoms with Gasteiger partial charge in [0, 0.05) is 44.1 Å². The molecule has 0 saturated heterocycles. The Morgan fingerprint density at radius 3 is 2.80 bits per heavy atom. The first-order valence-corrected chi connectivity index (χ1v) is 8.28. The van der Waals surface area contributed by atoms with Crippen molar-refractivity contribution in [3.05, 3.63) is 39.4 Å². The minimum Gasteiger partial charge on any atom is -0.338 e. The van der Waals surface area contributed by atoms with Crippen molar-refractivity contribution < 1.29 is 9.32 Å². The van der Waals surface area contributed by atoms with E-state index < -0.39 is 0 Å². The monoisotopic (exact) mass is 345 g/mol. The Labute approximate surface area is 145 Å². The van der Waals surface area contributed by atoms with Crippen molar-refractivity contribution in [1.82, 2.24) is 19.8 Å². The second-order valence-electron chi connectivity index (χ2n) is 7.41. The quantitative estimate of drug-likeness (QED) is 0.894. The molecule has 0 fully saturated rings. The van der Waals surface area contributed by atoms with Crippen LogP contribution < -0.4 is 10.9 Å². The molecule has 0 spiro atoms. The number of nitrogens with zero attached hydrogens (tertiary/aromatic N) is 4. The molecule has 0 aliphatic carbocycles. The Hall–Kier alpha value is -2.48. The molecule has 2 aromatic heterocycles. The predicted molar refractivity (Wildman–Crippen MR) is 92.3 cm³/mol. The Morgan fingerprint density at radius 1 is 1.36 bits per heavy atom. The van der Waals surface area contributed by atoms with Gasteiger partial charge in [0.2, 0.25) is 11.8 Å². The molecule has 0 bridgehead atoms. The van der Waals surface area contributed by atoms with Crippen LogP contribution in [0.15, 0.2) is 21.5 Å². The molecule has 1 aliphatic rings. The molecular weight excluding hydrogens is 322 g/mol. The number of hydrogen-bond donors (Lipinski definition) is 1. The SMILES string of the molecule is Cn1nc2c(cc1=O)CN(CC(=O)Nc1cc(C(C)(C)C)no1)CC2. The maximum absolute atomic E-state index is 12.3. The van der Waals surface area contributed by atoms with E-state index in [-0.39, 0.29) is 23.4 Å². The average molecular weight is 345 g/mol. The summed E-state index contributed by atoms with van der Waals surface area (Å²) >= 11 is 0. The Kier molecular flexibility index (Phi) is 4.47. The molecule has 0 atom stereocenters. The van der Waals surface area contributed by atoms with Crippen molar-refractivity contribution in [1.29, 1.82) is 0 Å². The summed E-state index contributed by atoms with van der Waals surface area (Å²) in [7, 11) is 1.64. The fourth-order valence-corrected chi connectivity index (χ4v) is 2.75. The van der Waals surface area contributed by atoms with Crippen LogP contribution in [0.1, 0.15) is 37.7 Å². The fraction of sp³-hybridized carbons (Fsp3) is 0.529. The third-order valence-electron chi connectivity index (χ3n) is 4.23. The van der Waals surface area contributed by atoms with Gasteiger partial charge in [0.25, 0.3) is 5.56 Å². The lowest BCUT2D eigenvalue weighted by Crippen LogP contribution is -2.38. The predicted octanol–water partition coefficient (Wildman–Crippen LogP) is 1.06. The summed E-state index contributed by atoms with van der Waals surface area (Å²) in [6.45, 7) is 7.56. The minimum atomic E-state index is -0.170. The molecule has 25 heavy (non-hydrogen) atoms. The van der Waals surface area contributed by atoms with Crippen molar-refractivity contribution in [2.75, 3.05) is 18.4 Å². The molecule has 0 saturated carbocycles. The normalized spacial score (nSPS) is 15.0. The van der Waals surface area contributed by atoms with Crippen LogP contribution in [0.2, 0.25) is 0 Å². The van der Waals surface area contributed by atoms with Crippen molar-refractivity contribution in [2.24, 2.45) is 7.05 Å². The molecule has 0 unspecified atom stereocenters. The zero-order chi connectivity index (χ0) is 18.2. The highest BCUT2D eigenvalue weighted by atomic mass is 16.5. The van der Waals surface area contributed by atoms with Gasteiger partial charge in [-0.2, -0.15) is 5.10 Å². The van der Waals surface area contributed by atoms with Crippen LogP contribution in [0, 0.1) is 0 Å². The van der Waals surface area contributed by atoms with Gasteiger partial charge in [0.1, 0.15) is 0 Å². The molecule has 8 nitrogen and oxygen atoms in total. The summed E-state index contributed by atoms with van der Waals surface area (Å²) in [6, 6.07) is 3.34. The molecule has 134 valence electrons. The lowest BCUT2D eigenvalue weighted by Gasteiger charge is -2.27. The molecule has 1 N–H and O–H groups in total. The van der Waals surface area contributed by atoms with Gasteiger partial charge < -0.3 is 4.52 Å². The highest BCUT2D eigenvalue weighted by molar-refractivity contribution is 5.91. The Morgan fingerprint density at radius 2 is 2.12 bits per heavy atom. The smallest absolute Gasteiger partial charge is 0.266 e. The molecule has 1 amide bonds.